The van der Waals surface area contributed by atoms with E-state index in [9.17, 15) is 44.7 Å². The molecular formula is C16H12Cl2F8O4. The average Bonchev–Trinajstić information content (AvgIpc) is 2.62. The average molecular weight is 491 g/mol. The number of para-hydroxylation sites is 1. The molecule has 0 amide bonds. The molecule has 0 spiro atoms. The molecule has 0 atom stereocenters. The molecule has 4 nitrogen and oxygen atoms in total. The third-order valence-corrected chi connectivity index (χ3v) is 4.06. The van der Waals surface area contributed by atoms with Crippen LogP contribution in [-0.4, -0.2) is 42.7 Å². The van der Waals surface area contributed by atoms with E-state index in [1.165, 1.54) is 18.2 Å². The standard InChI is InChI=1S/C16H12Cl2F8O4/c17-8-3-1-4-9(18)12(8)30-11(28)6-2-5-10(27)29-7-14(21,22)16(25,26)15(23,24)13(19)20/h1,3-4,13H,2,5-7H2. The fourth-order valence-electron chi connectivity index (χ4n) is 1.84. The number of carbonyl (C=O) groups excluding carboxylic acids is 2. The van der Waals surface area contributed by atoms with E-state index in [0.29, 0.717) is 0 Å². The van der Waals surface area contributed by atoms with Crippen molar-refractivity contribution >= 4 is 35.1 Å². The summed E-state index contributed by atoms with van der Waals surface area (Å²) in [5.41, 5.74) is 0. The van der Waals surface area contributed by atoms with Crippen LogP contribution in [0.25, 0.3) is 0 Å². The highest BCUT2D eigenvalue weighted by Crippen LogP contribution is 2.48. The van der Waals surface area contributed by atoms with E-state index in [1.54, 1.807) is 0 Å². The van der Waals surface area contributed by atoms with Crippen molar-refractivity contribution in [1.82, 2.24) is 0 Å². The molecule has 0 aliphatic heterocycles. The first-order chi connectivity index (χ1) is 13.6. The zero-order chi connectivity index (χ0) is 23.3. The van der Waals surface area contributed by atoms with Crippen LogP contribution in [0.3, 0.4) is 0 Å². The van der Waals surface area contributed by atoms with Crippen molar-refractivity contribution in [3.8, 4) is 5.75 Å². The van der Waals surface area contributed by atoms with Gasteiger partial charge in [-0.3, -0.25) is 9.59 Å². The highest BCUT2D eigenvalue weighted by Gasteiger charge is 2.75. The van der Waals surface area contributed by atoms with Gasteiger partial charge in [0, 0.05) is 12.8 Å². The van der Waals surface area contributed by atoms with Gasteiger partial charge in [-0.2, -0.15) is 26.3 Å². The quantitative estimate of drug-likeness (QED) is 0.237. The van der Waals surface area contributed by atoms with E-state index in [4.69, 9.17) is 27.9 Å². The molecule has 0 aliphatic rings. The molecule has 0 bridgehead atoms. The molecule has 0 aromatic heterocycles. The minimum absolute atomic E-state index is 0.000909. The van der Waals surface area contributed by atoms with Crippen molar-refractivity contribution in [2.75, 3.05) is 6.61 Å². The Balaban J connectivity index is 2.52. The minimum atomic E-state index is -6.48. The first kappa shape index (κ1) is 26.2. The Hall–Kier alpha value is -1.82. The third-order valence-electron chi connectivity index (χ3n) is 3.46. The van der Waals surface area contributed by atoms with Crippen LogP contribution in [0.15, 0.2) is 18.2 Å². The first-order valence-electron chi connectivity index (χ1n) is 7.85. The predicted octanol–water partition coefficient (Wildman–Crippen LogP) is 5.78. The van der Waals surface area contributed by atoms with Crippen molar-refractivity contribution in [2.45, 2.75) is 43.5 Å². The van der Waals surface area contributed by atoms with E-state index in [2.05, 4.69) is 4.74 Å². The van der Waals surface area contributed by atoms with Gasteiger partial charge < -0.3 is 9.47 Å². The lowest BCUT2D eigenvalue weighted by molar-refractivity contribution is -0.344. The Morgan fingerprint density at radius 1 is 0.933 bits per heavy atom. The van der Waals surface area contributed by atoms with Gasteiger partial charge >= 0.3 is 36.1 Å². The molecule has 0 N–H and O–H groups in total. The largest absolute Gasteiger partial charge is 0.459 e. The summed E-state index contributed by atoms with van der Waals surface area (Å²) >= 11 is 11.5. The first-order valence-corrected chi connectivity index (χ1v) is 8.61. The lowest BCUT2D eigenvalue weighted by Crippen LogP contribution is -2.59. The van der Waals surface area contributed by atoms with Crippen LogP contribution in [-0.2, 0) is 14.3 Å². The van der Waals surface area contributed by atoms with Gasteiger partial charge in [-0.1, -0.05) is 29.3 Å². The van der Waals surface area contributed by atoms with Crippen LogP contribution in [0.5, 0.6) is 5.75 Å². The normalized spacial score (nSPS) is 12.8. The molecule has 1 aromatic carbocycles. The Kier molecular flexibility index (Phi) is 8.73. The Labute approximate surface area is 174 Å². The molecule has 0 aliphatic carbocycles. The molecule has 0 saturated heterocycles. The molecule has 1 aromatic rings. The van der Waals surface area contributed by atoms with Gasteiger partial charge in [0.15, 0.2) is 12.4 Å². The number of hydrogen-bond donors (Lipinski definition) is 0. The second-order valence-electron chi connectivity index (χ2n) is 5.74. The molecule has 0 saturated carbocycles. The number of rotatable bonds is 10. The molecule has 170 valence electrons. The molecule has 14 heteroatoms. The Morgan fingerprint density at radius 2 is 1.43 bits per heavy atom. The maximum atomic E-state index is 13.2. The summed E-state index contributed by atoms with van der Waals surface area (Å²) in [5.74, 6) is -21.3. The fraction of sp³-hybridized carbons (Fsp3) is 0.500. The van der Waals surface area contributed by atoms with Crippen molar-refractivity contribution in [2.24, 2.45) is 0 Å². The number of hydrogen-bond acceptors (Lipinski definition) is 4. The van der Waals surface area contributed by atoms with Crippen LogP contribution in [0.4, 0.5) is 35.1 Å². The Bertz CT molecular complexity index is 753. The molecule has 0 heterocycles. The van der Waals surface area contributed by atoms with E-state index in [0.717, 1.165) is 0 Å². The second kappa shape index (κ2) is 9.99. The number of esters is 2. The molecule has 0 unspecified atom stereocenters. The minimum Gasteiger partial charge on any atom is -0.459 e. The maximum absolute atomic E-state index is 13.2. The van der Waals surface area contributed by atoms with Crippen LogP contribution in [0.2, 0.25) is 10.0 Å². The molecule has 0 radical (unpaired) electrons. The van der Waals surface area contributed by atoms with E-state index < -0.39 is 55.6 Å². The maximum Gasteiger partial charge on any atom is 0.381 e. The lowest BCUT2D eigenvalue weighted by Gasteiger charge is -2.31. The van der Waals surface area contributed by atoms with Crippen molar-refractivity contribution in [3.63, 3.8) is 0 Å². The number of halogens is 10. The van der Waals surface area contributed by atoms with Crippen molar-refractivity contribution in [1.29, 1.82) is 0 Å². The fourth-order valence-corrected chi connectivity index (χ4v) is 2.31. The number of carbonyl (C=O) groups is 2. The zero-order valence-corrected chi connectivity index (χ0v) is 16.1. The van der Waals surface area contributed by atoms with Gasteiger partial charge in [-0.25, -0.2) is 8.78 Å². The molecule has 0 fully saturated rings. The lowest BCUT2D eigenvalue weighted by atomic mass is 10.1. The summed E-state index contributed by atoms with van der Waals surface area (Å²) in [4.78, 5) is 23.0. The summed E-state index contributed by atoms with van der Waals surface area (Å²) in [6.07, 6.45) is -6.69. The highest BCUT2D eigenvalue weighted by molar-refractivity contribution is 6.37. The summed E-state index contributed by atoms with van der Waals surface area (Å²) in [6, 6.07) is 4.19. The SMILES string of the molecule is O=C(CCCC(=O)Oc1c(Cl)cccc1Cl)OCC(F)(F)C(F)(F)C(F)(F)C(F)F. The van der Waals surface area contributed by atoms with Gasteiger partial charge in [0.1, 0.15) is 0 Å². The van der Waals surface area contributed by atoms with Crippen LogP contribution in [0, 0.1) is 0 Å². The molecule has 1 rings (SSSR count). The van der Waals surface area contributed by atoms with Crippen molar-refractivity contribution < 1.29 is 54.2 Å². The summed E-state index contributed by atoms with van der Waals surface area (Å²) in [6.45, 7) is -2.57. The second-order valence-corrected chi connectivity index (χ2v) is 6.56. The van der Waals surface area contributed by atoms with Gasteiger partial charge in [-0.15, -0.1) is 0 Å². The van der Waals surface area contributed by atoms with Crippen LogP contribution >= 0.6 is 23.2 Å². The molecular weight excluding hydrogens is 479 g/mol. The van der Waals surface area contributed by atoms with Crippen molar-refractivity contribution in [3.05, 3.63) is 28.2 Å². The monoisotopic (exact) mass is 490 g/mol. The van der Waals surface area contributed by atoms with Gasteiger partial charge in [0.05, 0.1) is 10.0 Å². The predicted molar refractivity (Wildman–Crippen MR) is 87.8 cm³/mol. The molecule has 30 heavy (non-hydrogen) atoms. The van der Waals surface area contributed by atoms with E-state index in [1.807, 2.05) is 0 Å². The van der Waals surface area contributed by atoms with E-state index in [-0.39, 0.29) is 22.2 Å². The number of benzene rings is 1. The number of ether oxygens (including phenoxy) is 2. The number of alkyl halides is 8. The topological polar surface area (TPSA) is 52.6 Å². The van der Waals surface area contributed by atoms with Crippen LogP contribution in [0.1, 0.15) is 19.3 Å². The zero-order valence-electron chi connectivity index (χ0n) is 14.6. The third kappa shape index (κ3) is 6.10. The van der Waals surface area contributed by atoms with Gasteiger partial charge in [-0.05, 0) is 18.6 Å². The summed E-state index contributed by atoms with van der Waals surface area (Å²) in [7, 11) is 0. The van der Waals surface area contributed by atoms with Gasteiger partial charge in [0.25, 0.3) is 0 Å². The Morgan fingerprint density at radius 3 is 1.93 bits per heavy atom. The smallest absolute Gasteiger partial charge is 0.381 e. The highest BCUT2D eigenvalue weighted by atomic mass is 35.5. The summed E-state index contributed by atoms with van der Waals surface area (Å²) in [5, 5.41) is -0.00182. The van der Waals surface area contributed by atoms with Crippen LogP contribution < -0.4 is 4.74 Å². The van der Waals surface area contributed by atoms with Gasteiger partial charge in [0.2, 0.25) is 0 Å². The summed E-state index contributed by atoms with van der Waals surface area (Å²) < 4.78 is 110. The van der Waals surface area contributed by atoms with E-state index >= 15 is 0 Å².